The van der Waals surface area contributed by atoms with Gasteiger partial charge in [-0.3, -0.25) is 4.79 Å². The highest BCUT2D eigenvalue weighted by Crippen LogP contribution is 2.15. The predicted octanol–water partition coefficient (Wildman–Crippen LogP) is 14.1. The Morgan fingerprint density at radius 3 is 1.22 bits per heavy atom. The maximum atomic E-state index is 12.4. The van der Waals surface area contributed by atoms with E-state index in [0.717, 1.165) is 44.9 Å². The largest absolute Gasteiger partial charge is 0.394 e. The van der Waals surface area contributed by atoms with E-state index in [1.807, 2.05) is 6.08 Å². The lowest BCUT2D eigenvalue weighted by Crippen LogP contribution is -2.48. The maximum Gasteiger partial charge on any atom is 0.249 e. The molecule has 0 saturated heterocycles. The molecule has 0 aliphatic carbocycles. The quantitative estimate of drug-likeness (QED) is 0.0367. The van der Waals surface area contributed by atoms with Crippen molar-refractivity contribution in [2.24, 2.45) is 0 Å². The van der Waals surface area contributed by atoms with E-state index in [0.29, 0.717) is 6.42 Å². The third-order valence-electron chi connectivity index (χ3n) is 10.9. The third-order valence-corrected chi connectivity index (χ3v) is 10.9. The number of allylic oxidation sites excluding steroid dienone is 7. The number of aliphatic hydroxyl groups is 3. The van der Waals surface area contributed by atoms with Gasteiger partial charge in [0.2, 0.25) is 5.91 Å². The van der Waals surface area contributed by atoms with E-state index in [9.17, 15) is 20.1 Å². The van der Waals surface area contributed by atoms with Crippen molar-refractivity contribution >= 4 is 5.91 Å². The summed E-state index contributed by atoms with van der Waals surface area (Å²) >= 11 is 0. The molecule has 0 rings (SSSR count). The van der Waals surface area contributed by atoms with Crippen LogP contribution in [-0.2, 0) is 4.79 Å². The minimum absolute atomic E-state index is 0.377. The topological polar surface area (TPSA) is 89.8 Å². The van der Waals surface area contributed by atoms with E-state index >= 15 is 0 Å². The molecule has 55 heavy (non-hydrogen) atoms. The van der Waals surface area contributed by atoms with Crippen LogP contribution in [0.25, 0.3) is 0 Å². The predicted molar refractivity (Wildman–Crippen MR) is 241 cm³/mol. The van der Waals surface area contributed by atoms with Crippen molar-refractivity contribution in [1.82, 2.24) is 5.32 Å². The minimum atomic E-state index is -1.11. The van der Waals surface area contributed by atoms with Crippen molar-refractivity contribution in [3.05, 3.63) is 48.6 Å². The van der Waals surface area contributed by atoms with Gasteiger partial charge in [-0.05, 0) is 64.2 Å². The Morgan fingerprint density at radius 1 is 0.455 bits per heavy atom. The van der Waals surface area contributed by atoms with Gasteiger partial charge in [0, 0.05) is 0 Å². The van der Waals surface area contributed by atoms with Crippen molar-refractivity contribution in [3.63, 3.8) is 0 Å². The first-order valence-corrected chi connectivity index (χ1v) is 24.0. The van der Waals surface area contributed by atoms with Crippen LogP contribution in [0.15, 0.2) is 48.6 Å². The van der Waals surface area contributed by atoms with E-state index in [1.165, 1.54) is 173 Å². The number of rotatable bonds is 43. The molecule has 0 spiro atoms. The summed E-state index contributed by atoms with van der Waals surface area (Å²) in [5, 5.41) is 33.0. The van der Waals surface area contributed by atoms with Crippen molar-refractivity contribution < 1.29 is 20.1 Å². The van der Waals surface area contributed by atoms with Gasteiger partial charge in [0.15, 0.2) is 0 Å². The van der Waals surface area contributed by atoms with Crippen molar-refractivity contribution in [2.75, 3.05) is 6.61 Å². The van der Waals surface area contributed by atoms with Gasteiger partial charge in [0.1, 0.15) is 6.10 Å². The van der Waals surface area contributed by atoms with Gasteiger partial charge in [0.05, 0.1) is 18.8 Å². The molecule has 4 N–H and O–H groups in total. The van der Waals surface area contributed by atoms with Crippen LogP contribution in [0.3, 0.4) is 0 Å². The molecule has 0 aromatic carbocycles. The summed E-state index contributed by atoms with van der Waals surface area (Å²) < 4.78 is 0. The second kappa shape index (κ2) is 45.0. The number of aliphatic hydroxyl groups excluding tert-OH is 3. The first-order chi connectivity index (χ1) is 27.1. The summed E-state index contributed by atoms with van der Waals surface area (Å²) in [7, 11) is 0. The molecular weight excluding hydrogens is 679 g/mol. The van der Waals surface area contributed by atoms with Crippen molar-refractivity contribution in [1.29, 1.82) is 0 Å². The van der Waals surface area contributed by atoms with Crippen LogP contribution in [0.4, 0.5) is 0 Å². The fraction of sp³-hybridized carbons (Fsp3) is 0.820. The molecule has 0 radical (unpaired) electrons. The molecule has 3 unspecified atom stereocenters. The number of amides is 1. The lowest BCUT2D eigenvalue weighted by molar-refractivity contribution is -0.131. The number of hydrogen-bond donors (Lipinski definition) is 4. The van der Waals surface area contributed by atoms with Gasteiger partial charge >= 0.3 is 0 Å². The zero-order chi connectivity index (χ0) is 40.1. The van der Waals surface area contributed by atoms with Gasteiger partial charge in [-0.2, -0.15) is 0 Å². The summed E-state index contributed by atoms with van der Waals surface area (Å²) in [6.45, 7) is 4.14. The summed E-state index contributed by atoms with van der Waals surface area (Å²) in [4.78, 5) is 12.4. The Hall–Kier alpha value is -1.69. The molecule has 0 fully saturated rings. The Morgan fingerprint density at radius 2 is 0.800 bits per heavy atom. The summed E-state index contributed by atoms with van der Waals surface area (Å²) in [6.07, 6.45) is 58.9. The van der Waals surface area contributed by atoms with Crippen LogP contribution < -0.4 is 5.32 Å². The fourth-order valence-electron chi connectivity index (χ4n) is 7.11. The van der Waals surface area contributed by atoms with Crippen LogP contribution in [-0.4, -0.2) is 46.1 Å². The number of unbranched alkanes of at least 4 members (excludes halogenated alkanes) is 29. The summed E-state index contributed by atoms with van der Waals surface area (Å²) in [5.41, 5.74) is 0. The molecule has 3 atom stereocenters. The Bertz CT molecular complexity index is 896. The average Bonchev–Trinajstić information content (AvgIpc) is 3.19. The molecule has 0 saturated carbocycles. The van der Waals surface area contributed by atoms with E-state index in [2.05, 4.69) is 55.6 Å². The molecule has 1 amide bonds. The maximum absolute atomic E-state index is 12.4. The summed E-state index contributed by atoms with van der Waals surface area (Å²) in [6, 6.07) is -0.814. The van der Waals surface area contributed by atoms with Crippen LogP contribution in [0.1, 0.15) is 239 Å². The molecule has 0 aromatic heterocycles. The summed E-state index contributed by atoms with van der Waals surface area (Å²) in [5.74, 6) is -0.515. The first-order valence-electron chi connectivity index (χ1n) is 24.0. The molecule has 0 bridgehead atoms. The highest BCUT2D eigenvalue weighted by Gasteiger charge is 2.22. The Labute approximate surface area is 342 Å². The number of carbonyl (C=O) groups excluding carboxylic acids is 1. The van der Waals surface area contributed by atoms with Crippen molar-refractivity contribution in [3.8, 4) is 0 Å². The minimum Gasteiger partial charge on any atom is -0.394 e. The lowest BCUT2D eigenvalue weighted by Gasteiger charge is -2.21. The molecule has 0 aliphatic rings. The molecule has 0 aliphatic heterocycles. The highest BCUT2D eigenvalue weighted by atomic mass is 16.3. The molecule has 5 nitrogen and oxygen atoms in total. The van der Waals surface area contributed by atoms with Gasteiger partial charge in [-0.25, -0.2) is 0 Å². The Kier molecular flexibility index (Phi) is 43.6. The zero-order valence-corrected chi connectivity index (χ0v) is 36.6. The van der Waals surface area contributed by atoms with Crippen LogP contribution >= 0.6 is 0 Å². The standard InChI is InChI=1S/C50H93NO4/c1-3-5-7-9-11-13-15-16-17-18-19-20-21-22-23-24-25-26-27-28-29-30-31-32-33-35-37-39-41-43-45-49(54)50(55)51-47(46-52)48(53)44-42-40-38-36-34-14-12-10-8-6-4-2/h19-20,22-23,34,36,42,44,47-49,52-54H,3-18,21,24-33,35,37-41,43,45-46H2,1-2H3,(H,51,55)/b20-19-,23-22-,36-34+,44-42+. The smallest absolute Gasteiger partial charge is 0.249 e. The van der Waals surface area contributed by atoms with Crippen LogP contribution in [0, 0.1) is 0 Å². The van der Waals surface area contributed by atoms with E-state index in [4.69, 9.17) is 0 Å². The van der Waals surface area contributed by atoms with Gasteiger partial charge in [-0.1, -0.05) is 223 Å². The van der Waals surface area contributed by atoms with Crippen LogP contribution in [0.2, 0.25) is 0 Å². The monoisotopic (exact) mass is 772 g/mol. The van der Waals surface area contributed by atoms with E-state index < -0.39 is 24.2 Å². The second-order valence-electron chi connectivity index (χ2n) is 16.3. The number of carbonyl (C=O) groups is 1. The second-order valence-corrected chi connectivity index (χ2v) is 16.3. The Balaban J connectivity index is 3.57. The van der Waals surface area contributed by atoms with Gasteiger partial charge < -0.3 is 20.6 Å². The number of nitrogens with one attached hydrogen (secondary N) is 1. The van der Waals surface area contributed by atoms with Crippen LogP contribution in [0.5, 0.6) is 0 Å². The zero-order valence-electron chi connectivity index (χ0n) is 36.6. The molecule has 5 heteroatoms. The fourth-order valence-corrected chi connectivity index (χ4v) is 7.11. The molecule has 0 heterocycles. The van der Waals surface area contributed by atoms with Gasteiger partial charge in [-0.15, -0.1) is 0 Å². The number of hydrogen-bond acceptors (Lipinski definition) is 4. The molecule has 322 valence electrons. The van der Waals surface area contributed by atoms with E-state index in [-0.39, 0.29) is 6.61 Å². The third kappa shape index (κ3) is 40.3. The van der Waals surface area contributed by atoms with Crippen molar-refractivity contribution in [2.45, 2.75) is 257 Å². The molecule has 0 aromatic rings. The highest BCUT2D eigenvalue weighted by molar-refractivity contribution is 5.80. The van der Waals surface area contributed by atoms with Gasteiger partial charge in [0.25, 0.3) is 0 Å². The molecular formula is C50H93NO4. The average molecular weight is 772 g/mol. The lowest BCUT2D eigenvalue weighted by atomic mass is 10.0. The van der Waals surface area contributed by atoms with E-state index in [1.54, 1.807) is 6.08 Å². The first kappa shape index (κ1) is 53.3. The normalized spacial score (nSPS) is 13.9. The SMILES string of the molecule is CCCCCCC/C=C/CC/C=C/C(O)C(CO)NC(=O)C(O)CCCCCCCCCCCCCCCC/C=C\C/C=C\CCCCCCCCCCC.